The molecule has 1 atom stereocenters. The van der Waals surface area contributed by atoms with Gasteiger partial charge in [-0.1, -0.05) is 6.07 Å². The molecule has 1 heterocycles. The number of hydrogen-bond acceptors (Lipinski definition) is 5. The normalized spacial score (nSPS) is 18.4. The van der Waals surface area contributed by atoms with E-state index in [0.717, 1.165) is 19.1 Å². The molecule has 0 saturated carbocycles. The van der Waals surface area contributed by atoms with Crippen LogP contribution in [0.4, 0.5) is 5.69 Å². The van der Waals surface area contributed by atoms with Crippen molar-refractivity contribution in [3.05, 3.63) is 24.3 Å². The number of benzene rings is 1. The van der Waals surface area contributed by atoms with E-state index in [4.69, 9.17) is 0 Å². The fourth-order valence-corrected chi connectivity index (χ4v) is 3.45. The predicted octanol–water partition coefficient (Wildman–Crippen LogP) is 0.581. The van der Waals surface area contributed by atoms with Gasteiger partial charge in [0.25, 0.3) is 0 Å². The first kappa shape index (κ1) is 18.4. The monoisotopic (exact) mass is 353 g/mol. The lowest BCUT2D eigenvalue weighted by Gasteiger charge is -2.25. The number of likely N-dealkylation sites (tertiary alicyclic amines) is 1. The van der Waals surface area contributed by atoms with Crippen LogP contribution < -0.4 is 5.32 Å². The summed E-state index contributed by atoms with van der Waals surface area (Å²) >= 11 is 0. The van der Waals surface area contributed by atoms with E-state index < -0.39 is 9.84 Å². The van der Waals surface area contributed by atoms with Gasteiger partial charge in [-0.25, -0.2) is 8.42 Å². The van der Waals surface area contributed by atoms with Gasteiger partial charge in [0.2, 0.25) is 11.8 Å². The van der Waals surface area contributed by atoms with Crippen LogP contribution in [0.2, 0.25) is 0 Å². The first-order valence-corrected chi connectivity index (χ1v) is 9.63. The Kier molecular flexibility index (Phi) is 5.61. The quantitative estimate of drug-likeness (QED) is 0.837. The number of nitrogens with one attached hydrogen (secondary N) is 1. The van der Waals surface area contributed by atoms with Crippen LogP contribution in [-0.2, 0) is 19.4 Å². The summed E-state index contributed by atoms with van der Waals surface area (Å²) in [6.07, 6.45) is 2.74. The van der Waals surface area contributed by atoms with Crippen molar-refractivity contribution in [2.75, 3.05) is 38.8 Å². The van der Waals surface area contributed by atoms with E-state index in [0.29, 0.717) is 12.2 Å². The summed E-state index contributed by atoms with van der Waals surface area (Å²) in [5.41, 5.74) is 0.428. The van der Waals surface area contributed by atoms with Crippen LogP contribution >= 0.6 is 0 Å². The maximum Gasteiger partial charge on any atom is 0.239 e. The first-order chi connectivity index (χ1) is 11.2. The molecule has 24 heavy (non-hydrogen) atoms. The molecule has 1 unspecified atom stereocenters. The summed E-state index contributed by atoms with van der Waals surface area (Å²) in [6.45, 7) is 0.800. The van der Waals surface area contributed by atoms with Gasteiger partial charge in [0.05, 0.1) is 17.5 Å². The lowest BCUT2D eigenvalue weighted by molar-refractivity contribution is -0.133. The Bertz CT molecular complexity index is 731. The highest BCUT2D eigenvalue weighted by Crippen LogP contribution is 2.19. The van der Waals surface area contributed by atoms with E-state index in [1.54, 1.807) is 26.2 Å². The molecule has 2 rings (SSSR count). The number of nitrogens with zero attached hydrogens (tertiary/aromatic N) is 2. The lowest BCUT2D eigenvalue weighted by atomic mass is 10.2. The molecule has 0 radical (unpaired) electrons. The number of likely N-dealkylation sites (N-methyl/N-ethyl adjacent to an activating group) is 1. The van der Waals surface area contributed by atoms with Crippen molar-refractivity contribution in [2.24, 2.45) is 0 Å². The van der Waals surface area contributed by atoms with Crippen LogP contribution in [0.3, 0.4) is 0 Å². The summed E-state index contributed by atoms with van der Waals surface area (Å²) < 4.78 is 23.1. The van der Waals surface area contributed by atoms with Gasteiger partial charge >= 0.3 is 0 Å². The first-order valence-electron chi connectivity index (χ1n) is 7.73. The molecule has 1 aromatic carbocycles. The molecule has 132 valence electrons. The zero-order chi connectivity index (χ0) is 17.9. The van der Waals surface area contributed by atoms with Crippen molar-refractivity contribution in [2.45, 2.75) is 23.8 Å². The van der Waals surface area contributed by atoms with E-state index in [1.807, 2.05) is 4.90 Å². The highest BCUT2D eigenvalue weighted by molar-refractivity contribution is 7.90. The number of amides is 2. The molecule has 1 fully saturated rings. The van der Waals surface area contributed by atoms with E-state index >= 15 is 0 Å². The molecule has 1 aromatic rings. The second-order valence-corrected chi connectivity index (χ2v) is 8.23. The number of carbonyl (C=O) groups is 2. The molecule has 0 aliphatic carbocycles. The second kappa shape index (κ2) is 7.31. The minimum absolute atomic E-state index is 0.000580. The van der Waals surface area contributed by atoms with Crippen LogP contribution in [0, 0.1) is 0 Å². The van der Waals surface area contributed by atoms with Gasteiger partial charge in [0, 0.05) is 26.0 Å². The van der Waals surface area contributed by atoms with Crippen molar-refractivity contribution in [1.82, 2.24) is 9.80 Å². The number of rotatable bonds is 5. The maximum absolute atomic E-state index is 12.2. The van der Waals surface area contributed by atoms with E-state index in [-0.39, 0.29) is 29.3 Å². The number of sulfone groups is 1. The average molecular weight is 353 g/mol. The molecule has 0 aromatic heterocycles. The third kappa shape index (κ3) is 4.55. The molecular formula is C16H23N3O4S. The van der Waals surface area contributed by atoms with E-state index in [2.05, 4.69) is 5.32 Å². The third-order valence-corrected chi connectivity index (χ3v) is 5.09. The van der Waals surface area contributed by atoms with Crippen LogP contribution in [0.25, 0.3) is 0 Å². The Morgan fingerprint density at radius 2 is 2.04 bits per heavy atom. The zero-order valence-corrected chi connectivity index (χ0v) is 15.0. The maximum atomic E-state index is 12.2. The molecule has 0 spiro atoms. The summed E-state index contributed by atoms with van der Waals surface area (Å²) in [7, 11) is 0.0830. The predicted molar refractivity (Wildman–Crippen MR) is 91.5 cm³/mol. The van der Waals surface area contributed by atoms with Crippen LogP contribution in [-0.4, -0.2) is 69.5 Å². The lowest BCUT2D eigenvalue weighted by Crippen LogP contribution is -2.45. The van der Waals surface area contributed by atoms with E-state index in [1.165, 1.54) is 17.0 Å². The summed E-state index contributed by atoms with van der Waals surface area (Å²) in [6, 6.07) is 5.86. The summed E-state index contributed by atoms with van der Waals surface area (Å²) in [5, 5.41) is 2.70. The fourth-order valence-electron chi connectivity index (χ4n) is 2.78. The van der Waals surface area contributed by atoms with Crippen LogP contribution in [0.5, 0.6) is 0 Å². The smallest absolute Gasteiger partial charge is 0.239 e. The Labute approximate surface area is 142 Å². The van der Waals surface area contributed by atoms with Gasteiger partial charge in [-0.15, -0.1) is 0 Å². The topological polar surface area (TPSA) is 86.8 Å². The third-order valence-electron chi connectivity index (χ3n) is 3.98. The van der Waals surface area contributed by atoms with Gasteiger partial charge in [-0.2, -0.15) is 0 Å². The van der Waals surface area contributed by atoms with Crippen molar-refractivity contribution < 1.29 is 18.0 Å². The molecule has 8 heteroatoms. The van der Waals surface area contributed by atoms with Crippen LogP contribution in [0.1, 0.15) is 12.8 Å². The minimum atomic E-state index is -3.32. The Balaban J connectivity index is 2.02. The largest absolute Gasteiger partial charge is 0.347 e. The zero-order valence-electron chi connectivity index (χ0n) is 14.2. The average Bonchev–Trinajstić information content (AvgIpc) is 2.93. The molecule has 1 aliphatic heterocycles. The molecule has 1 aliphatic rings. The van der Waals surface area contributed by atoms with Crippen molar-refractivity contribution in [1.29, 1.82) is 0 Å². The van der Waals surface area contributed by atoms with Gasteiger partial charge in [0.1, 0.15) is 0 Å². The van der Waals surface area contributed by atoms with Gasteiger partial charge < -0.3 is 10.2 Å². The van der Waals surface area contributed by atoms with Gasteiger partial charge in [-0.3, -0.25) is 14.5 Å². The SMILES string of the molecule is CN(C)C(=O)C1CCCN1CC(=O)Nc1cccc(S(C)(=O)=O)c1. The van der Waals surface area contributed by atoms with Crippen molar-refractivity contribution >= 4 is 27.3 Å². The summed E-state index contributed by atoms with van der Waals surface area (Å²) in [4.78, 5) is 27.9. The number of carbonyl (C=O) groups excluding carboxylic acids is 2. The van der Waals surface area contributed by atoms with Crippen LogP contribution in [0.15, 0.2) is 29.2 Å². The van der Waals surface area contributed by atoms with E-state index in [9.17, 15) is 18.0 Å². The molecule has 1 saturated heterocycles. The highest BCUT2D eigenvalue weighted by atomic mass is 32.2. The van der Waals surface area contributed by atoms with Gasteiger partial charge in [-0.05, 0) is 37.6 Å². The Morgan fingerprint density at radius 1 is 1.33 bits per heavy atom. The van der Waals surface area contributed by atoms with Gasteiger partial charge in [0.15, 0.2) is 9.84 Å². The molecular weight excluding hydrogens is 330 g/mol. The standard InChI is InChI=1S/C16H23N3O4S/c1-18(2)16(21)14-8-5-9-19(14)11-15(20)17-12-6-4-7-13(10-12)24(3,22)23/h4,6-7,10,14H,5,8-9,11H2,1-3H3,(H,17,20). The minimum Gasteiger partial charge on any atom is -0.347 e. The summed E-state index contributed by atoms with van der Waals surface area (Å²) in [5.74, 6) is -0.265. The Hall–Kier alpha value is -1.93. The van der Waals surface area contributed by atoms with Crippen molar-refractivity contribution in [3.63, 3.8) is 0 Å². The highest BCUT2D eigenvalue weighted by Gasteiger charge is 2.32. The van der Waals surface area contributed by atoms with Crippen molar-refractivity contribution in [3.8, 4) is 0 Å². The molecule has 7 nitrogen and oxygen atoms in total. The molecule has 2 amide bonds. The molecule has 0 bridgehead atoms. The fraction of sp³-hybridized carbons (Fsp3) is 0.500. The second-order valence-electron chi connectivity index (χ2n) is 6.21. The number of anilines is 1. The molecule has 1 N–H and O–H groups in total. The number of hydrogen-bond donors (Lipinski definition) is 1. The Morgan fingerprint density at radius 3 is 2.67 bits per heavy atom.